The highest BCUT2D eigenvalue weighted by Gasteiger charge is 2.14. The Kier molecular flexibility index (Phi) is 1.50. The molecule has 0 spiro atoms. The van der Waals surface area contributed by atoms with Crippen molar-refractivity contribution in [3.63, 3.8) is 0 Å². The third-order valence-corrected chi connectivity index (χ3v) is 1.33. The number of carboxylic acid groups (broad SMARTS) is 1. The molecule has 0 saturated carbocycles. The molecule has 1 fully saturated rings. The first-order valence-electron chi connectivity index (χ1n) is 3.38. The Morgan fingerprint density at radius 1 is 2.00 bits per heavy atom. The van der Waals surface area contributed by atoms with E-state index in [-0.39, 0.29) is 6.04 Å². The number of nitrogens with one attached hydrogen (secondary N) is 2. The Hall–Kier alpha value is -0.770. The normalized spacial score (nSPS) is 27.6. The van der Waals surface area contributed by atoms with Crippen molar-refractivity contribution in [2.45, 2.75) is 12.5 Å². The lowest BCUT2D eigenvalue weighted by atomic mass is 10.3. The molecule has 4 nitrogen and oxygen atoms in total. The molecule has 1 aliphatic heterocycles. The van der Waals surface area contributed by atoms with Gasteiger partial charge in [0, 0.05) is 12.6 Å². The molecule has 0 aliphatic carbocycles. The number of amides is 1. The van der Waals surface area contributed by atoms with Crippen molar-refractivity contribution in [1.29, 1.82) is 0 Å². The molecule has 0 bridgehead atoms. The van der Waals surface area contributed by atoms with Crippen molar-refractivity contribution in [2.24, 2.45) is 0 Å². The van der Waals surface area contributed by atoms with Crippen LogP contribution in [0.25, 0.3) is 0 Å². The molecule has 1 saturated heterocycles. The summed E-state index contributed by atoms with van der Waals surface area (Å²) >= 11 is 0. The maximum Gasteiger partial charge on any atom is 0.404 e. The Bertz CT molecular complexity index is 136. The number of hydrogen-bond donors (Lipinski definition) is 3. The highest BCUT2D eigenvalue weighted by molar-refractivity contribution is 5.64. The molecule has 0 aromatic heterocycles. The predicted octanol–water partition coefficient (Wildman–Crippen LogP) is -0.384. The van der Waals surface area contributed by atoms with Gasteiger partial charge in [-0.15, -0.1) is 0 Å². The molecule has 0 radical (unpaired) electrons. The van der Waals surface area contributed by atoms with Gasteiger partial charge in [0.2, 0.25) is 0 Å². The minimum Gasteiger partial charge on any atom is -0.465 e. The summed E-state index contributed by atoms with van der Waals surface area (Å²) < 4.78 is 7.02. The van der Waals surface area contributed by atoms with Crippen molar-refractivity contribution in [2.75, 3.05) is 13.1 Å². The Labute approximate surface area is 54.7 Å². The van der Waals surface area contributed by atoms with Crippen molar-refractivity contribution in [3.8, 4) is 0 Å². The van der Waals surface area contributed by atoms with Gasteiger partial charge in [0.15, 0.2) is 1.41 Å². The largest absolute Gasteiger partial charge is 0.465 e. The first-order valence-corrected chi connectivity index (χ1v) is 2.93. The quantitative estimate of drug-likeness (QED) is 0.454. The van der Waals surface area contributed by atoms with E-state index in [9.17, 15) is 4.79 Å². The number of rotatable bonds is 1. The van der Waals surface area contributed by atoms with Crippen LogP contribution in [0.5, 0.6) is 0 Å². The molecule has 1 unspecified atom stereocenters. The Morgan fingerprint density at radius 3 is 3.22 bits per heavy atom. The Morgan fingerprint density at radius 2 is 2.78 bits per heavy atom. The summed E-state index contributed by atoms with van der Waals surface area (Å²) in [6.45, 7) is 1.42. The smallest absolute Gasteiger partial charge is 0.404 e. The van der Waals surface area contributed by atoms with Gasteiger partial charge in [-0.05, 0) is 13.0 Å². The molecule has 1 amide bonds. The topological polar surface area (TPSA) is 61.4 Å². The fraction of sp³-hybridized carbons (Fsp3) is 0.800. The van der Waals surface area contributed by atoms with Gasteiger partial charge < -0.3 is 15.7 Å². The van der Waals surface area contributed by atoms with E-state index in [1.807, 2.05) is 0 Å². The van der Waals surface area contributed by atoms with Crippen molar-refractivity contribution in [3.05, 3.63) is 0 Å². The maximum absolute atomic E-state index is 10.2. The third kappa shape index (κ3) is 1.89. The van der Waals surface area contributed by atoms with Crippen LogP contribution >= 0.6 is 0 Å². The van der Waals surface area contributed by atoms with E-state index in [1.54, 1.807) is 0 Å². The van der Waals surface area contributed by atoms with Gasteiger partial charge in [-0.3, -0.25) is 0 Å². The van der Waals surface area contributed by atoms with Gasteiger partial charge in [0.05, 0.1) is 0 Å². The molecule has 1 aliphatic rings. The van der Waals surface area contributed by atoms with Crippen LogP contribution in [-0.4, -0.2) is 30.3 Å². The lowest BCUT2D eigenvalue weighted by molar-refractivity contribution is 0.190. The maximum atomic E-state index is 10.2. The van der Waals surface area contributed by atoms with Gasteiger partial charge in [-0.25, -0.2) is 4.79 Å². The van der Waals surface area contributed by atoms with Crippen molar-refractivity contribution in [1.82, 2.24) is 10.6 Å². The summed E-state index contributed by atoms with van der Waals surface area (Å²) in [5.74, 6) is 0. The van der Waals surface area contributed by atoms with E-state index in [0.717, 1.165) is 13.0 Å². The number of carbonyl (C=O) groups is 1. The summed E-state index contributed by atoms with van der Waals surface area (Å²) in [6, 6.07) is -0.155. The summed E-state index contributed by atoms with van der Waals surface area (Å²) in [5.41, 5.74) is 0. The molecule has 1 atom stereocenters. The predicted molar refractivity (Wildman–Crippen MR) is 32.4 cm³/mol. The fourth-order valence-electron chi connectivity index (χ4n) is 0.906. The molecule has 0 aromatic carbocycles. The van der Waals surface area contributed by atoms with E-state index in [1.165, 1.54) is 0 Å². The summed E-state index contributed by atoms with van der Waals surface area (Å²) in [4.78, 5) is 10.2. The van der Waals surface area contributed by atoms with E-state index in [2.05, 4.69) is 5.32 Å². The van der Waals surface area contributed by atoms with Crippen LogP contribution in [0.1, 0.15) is 6.42 Å². The van der Waals surface area contributed by atoms with Crippen LogP contribution in [0.4, 0.5) is 4.79 Å². The van der Waals surface area contributed by atoms with Gasteiger partial charge >= 0.3 is 6.09 Å². The highest BCUT2D eigenvalue weighted by Crippen LogP contribution is 1.95. The van der Waals surface area contributed by atoms with Crippen molar-refractivity contribution >= 4 is 6.09 Å². The second-order valence-corrected chi connectivity index (χ2v) is 2.06. The van der Waals surface area contributed by atoms with Crippen LogP contribution < -0.4 is 10.6 Å². The van der Waals surface area contributed by atoms with Gasteiger partial charge in [0.25, 0.3) is 0 Å². The zero-order chi connectivity index (χ0) is 7.56. The lowest BCUT2D eigenvalue weighted by Gasteiger charge is -2.05. The monoisotopic (exact) mass is 131 g/mol. The van der Waals surface area contributed by atoms with E-state index < -0.39 is 6.09 Å². The van der Waals surface area contributed by atoms with E-state index in [4.69, 9.17) is 6.52 Å². The van der Waals surface area contributed by atoms with E-state index in [0.29, 0.717) is 11.9 Å². The SMILES string of the molecule is [2H]N(C(=O)O)C1CCNC1. The Balaban J connectivity index is 2.39. The standard InChI is InChI=1S/C5H10N2O2/c8-5(9)7-4-1-2-6-3-4/h4,6-7H,1-3H2,(H,8,9)/i/hD. The molecule has 52 valence electrons. The van der Waals surface area contributed by atoms with Crippen LogP contribution in [0.3, 0.4) is 0 Å². The van der Waals surface area contributed by atoms with Crippen molar-refractivity contribution < 1.29 is 11.3 Å². The highest BCUT2D eigenvalue weighted by atomic mass is 16.4. The molecule has 9 heavy (non-hydrogen) atoms. The molecular weight excluding hydrogens is 120 g/mol. The summed E-state index contributed by atoms with van der Waals surface area (Å²) in [7, 11) is 0. The molecule has 3 N–H and O–H groups in total. The zero-order valence-corrected chi connectivity index (χ0v) is 5.00. The second-order valence-electron chi connectivity index (χ2n) is 2.06. The van der Waals surface area contributed by atoms with E-state index >= 15 is 0 Å². The molecule has 0 aromatic rings. The molecule has 4 heteroatoms. The summed E-state index contributed by atoms with van der Waals surface area (Å²) in [6.07, 6.45) is -0.427. The average molecular weight is 131 g/mol. The molecule has 1 heterocycles. The zero-order valence-electron chi connectivity index (χ0n) is 6.00. The van der Waals surface area contributed by atoms with Crippen LogP contribution in [0, 0.1) is 0 Å². The molecular formula is C5H10N2O2. The van der Waals surface area contributed by atoms with Gasteiger partial charge in [0.1, 0.15) is 0 Å². The van der Waals surface area contributed by atoms with Crippen LogP contribution in [0.2, 0.25) is 1.41 Å². The first-order chi connectivity index (χ1) is 4.72. The second kappa shape index (κ2) is 2.68. The minimum atomic E-state index is -1.17. The summed E-state index contributed by atoms with van der Waals surface area (Å²) in [5, 5.41) is 11.9. The van der Waals surface area contributed by atoms with Gasteiger partial charge in [-0.1, -0.05) is 0 Å². The molecule has 1 rings (SSSR count). The van der Waals surface area contributed by atoms with Crippen LogP contribution in [0.15, 0.2) is 0 Å². The fourth-order valence-corrected chi connectivity index (χ4v) is 0.906. The average Bonchev–Trinajstić information content (AvgIpc) is 2.36. The third-order valence-electron chi connectivity index (χ3n) is 1.33. The van der Waals surface area contributed by atoms with Gasteiger partial charge in [-0.2, -0.15) is 0 Å². The van der Waals surface area contributed by atoms with Crippen LogP contribution in [-0.2, 0) is 0 Å². The lowest BCUT2D eigenvalue weighted by Crippen LogP contribution is -2.34. The number of hydrogen-bond acceptors (Lipinski definition) is 2. The first kappa shape index (κ1) is 5.05. The minimum absolute atomic E-state index is 0.155.